The molecular formula is C20H29N5O2. The maximum atomic E-state index is 12.6. The number of rotatable bonds is 3. The smallest absolute Gasteiger partial charge is 0.410 e. The Labute approximate surface area is 160 Å². The van der Waals surface area contributed by atoms with E-state index in [9.17, 15) is 4.79 Å². The number of ether oxygens (including phenoxy) is 1. The number of hydrogen-bond acceptors (Lipinski definition) is 6. The molecule has 2 N–H and O–H groups in total. The molecule has 0 bridgehead atoms. The second-order valence-corrected chi connectivity index (χ2v) is 8.13. The molecule has 27 heavy (non-hydrogen) atoms. The highest BCUT2D eigenvalue weighted by Gasteiger charge is 2.31. The van der Waals surface area contributed by atoms with E-state index in [4.69, 9.17) is 10.5 Å². The van der Waals surface area contributed by atoms with Crippen LogP contribution in [0.15, 0.2) is 24.3 Å². The molecule has 1 saturated heterocycles. The summed E-state index contributed by atoms with van der Waals surface area (Å²) in [7, 11) is 1.94. The molecule has 1 unspecified atom stereocenters. The van der Waals surface area contributed by atoms with Gasteiger partial charge in [0.25, 0.3) is 0 Å². The van der Waals surface area contributed by atoms with Crippen LogP contribution in [0, 0.1) is 0 Å². The van der Waals surface area contributed by atoms with Gasteiger partial charge in [0, 0.05) is 20.1 Å². The van der Waals surface area contributed by atoms with Gasteiger partial charge in [-0.2, -0.15) is 0 Å². The van der Waals surface area contributed by atoms with E-state index in [1.54, 1.807) is 0 Å². The molecule has 7 nitrogen and oxygen atoms in total. The van der Waals surface area contributed by atoms with E-state index in [0.29, 0.717) is 24.7 Å². The highest BCUT2D eigenvalue weighted by atomic mass is 16.6. The number of benzene rings is 1. The van der Waals surface area contributed by atoms with Gasteiger partial charge in [0.1, 0.15) is 5.60 Å². The van der Waals surface area contributed by atoms with Gasteiger partial charge >= 0.3 is 6.09 Å². The number of nitrogens with two attached hydrogens (primary N) is 1. The Hall–Kier alpha value is -2.57. The summed E-state index contributed by atoms with van der Waals surface area (Å²) in [6, 6.07) is 7.73. The highest BCUT2D eigenvalue weighted by molar-refractivity contribution is 5.79. The van der Waals surface area contributed by atoms with E-state index in [2.05, 4.69) is 9.97 Å². The van der Waals surface area contributed by atoms with Crippen molar-refractivity contribution in [2.45, 2.75) is 51.7 Å². The fourth-order valence-electron chi connectivity index (χ4n) is 3.44. The largest absolute Gasteiger partial charge is 0.444 e. The monoisotopic (exact) mass is 371 g/mol. The zero-order chi connectivity index (χ0) is 19.6. The number of hydrogen-bond donors (Lipinski definition) is 1. The Morgan fingerprint density at radius 2 is 1.93 bits per heavy atom. The Bertz CT molecular complexity index is 818. The molecule has 1 atom stereocenters. The number of fused-ring (bicyclic) bond motifs is 1. The van der Waals surface area contributed by atoms with Crippen LogP contribution in [0.1, 0.15) is 40.0 Å². The highest BCUT2D eigenvalue weighted by Crippen LogP contribution is 2.25. The van der Waals surface area contributed by atoms with Crippen LogP contribution < -0.4 is 10.6 Å². The second-order valence-electron chi connectivity index (χ2n) is 8.13. The third kappa shape index (κ3) is 4.59. The molecule has 1 amide bonds. The molecule has 1 aromatic carbocycles. The molecular weight excluding hydrogens is 342 g/mol. The topological polar surface area (TPSA) is 84.6 Å². The molecule has 2 heterocycles. The maximum absolute atomic E-state index is 12.6. The van der Waals surface area contributed by atoms with Gasteiger partial charge in [-0.05, 0) is 52.2 Å². The first-order valence-electron chi connectivity index (χ1n) is 9.47. The predicted molar refractivity (Wildman–Crippen MR) is 108 cm³/mol. The zero-order valence-electron chi connectivity index (χ0n) is 16.6. The van der Waals surface area contributed by atoms with Crippen LogP contribution in [-0.4, -0.2) is 52.7 Å². The Morgan fingerprint density at radius 3 is 2.59 bits per heavy atom. The number of amides is 1. The van der Waals surface area contributed by atoms with Crippen LogP contribution in [0.2, 0.25) is 0 Å². The maximum Gasteiger partial charge on any atom is 0.410 e. The molecule has 0 aliphatic carbocycles. The van der Waals surface area contributed by atoms with Crippen molar-refractivity contribution in [2.24, 2.45) is 0 Å². The zero-order valence-corrected chi connectivity index (χ0v) is 16.6. The number of nitrogens with zero attached hydrogens (tertiary/aromatic N) is 4. The minimum atomic E-state index is -0.501. The minimum absolute atomic E-state index is 0.0614. The van der Waals surface area contributed by atoms with Gasteiger partial charge in [-0.3, -0.25) is 0 Å². The van der Waals surface area contributed by atoms with Crippen LogP contribution >= 0.6 is 0 Å². The first kappa shape index (κ1) is 19.2. The van der Waals surface area contributed by atoms with Crippen molar-refractivity contribution in [1.29, 1.82) is 0 Å². The number of piperidine rings is 1. The Morgan fingerprint density at radius 1 is 1.26 bits per heavy atom. The van der Waals surface area contributed by atoms with Crippen molar-refractivity contribution in [3.05, 3.63) is 24.3 Å². The molecule has 0 radical (unpaired) electrons. The predicted octanol–water partition coefficient (Wildman–Crippen LogP) is 3.44. The quantitative estimate of drug-likeness (QED) is 0.890. The number of aromatic nitrogens is 2. The Kier molecular flexibility index (Phi) is 5.39. The van der Waals surface area contributed by atoms with E-state index in [1.807, 2.05) is 61.9 Å². The molecule has 0 spiro atoms. The normalized spacial score (nSPS) is 17.8. The first-order valence-corrected chi connectivity index (χ1v) is 9.47. The van der Waals surface area contributed by atoms with Crippen molar-refractivity contribution in [1.82, 2.24) is 14.9 Å². The summed E-state index contributed by atoms with van der Waals surface area (Å²) in [5.41, 5.74) is 7.23. The third-order valence-corrected chi connectivity index (χ3v) is 4.68. The first-order chi connectivity index (χ1) is 12.7. The lowest BCUT2D eigenvalue weighted by Crippen LogP contribution is -2.50. The minimum Gasteiger partial charge on any atom is -0.444 e. The molecule has 7 heteroatoms. The molecule has 3 rings (SSSR count). The summed E-state index contributed by atoms with van der Waals surface area (Å²) in [6.45, 7) is 7.02. The second kappa shape index (κ2) is 7.58. The lowest BCUT2D eigenvalue weighted by molar-refractivity contribution is 0.0108. The number of likely N-dealkylation sites (N-methyl/N-ethyl adjacent to an activating group) is 1. The summed E-state index contributed by atoms with van der Waals surface area (Å²) >= 11 is 0. The molecule has 1 aliphatic rings. The number of anilines is 2. The van der Waals surface area contributed by atoms with Crippen molar-refractivity contribution in [3.8, 4) is 0 Å². The van der Waals surface area contributed by atoms with Gasteiger partial charge in [-0.1, -0.05) is 12.1 Å². The number of carbonyl (C=O) groups excluding carboxylic acids is 1. The van der Waals surface area contributed by atoms with Gasteiger partial charge in [0.15, 0.2) is 11.6 Å². The van der Waals surface area contributed by atoms with Crippen LogP contribution in [0.25, 0.3) is 11.0 Å². The number of nitrogen functional groups attached to an aromatic ring is 1. The van der Waals surface area contributed by atoms with Crippen LogP contribution in [0.4, 0.5) is 16.4 Å². The number of para-hydroxylation sites is 2. The number of likely N-dealkylation sites (tertiary alicyclic amines) is 1. The van der Waals surface area contributed by atoms with Crippen LogP contribution in [0.3, 0.4) is 0 Å². The van der Waals surface area contributed by atoms with E-state index in [-0.39, 0.29) is 12.1 Å². The third-order valence-electron chi connectivity index (χ3n) is 4.68. The van der Waals surface area contributed by atoms with Crippen molar-refractivity contribution in [2.75, 3.05) is 30.8 Å². The van der Waals surface area contributed by atoms with E-state index < -0.39 is 5.60 Å². The average molecular weight is 371 g/mol. The van der Waals surface area contributed by atoms with Crippen LogP contribution in [-0.2, 0) is 4.74 Å². The molecule has 0 saturated carbocycles. The fraction of sp³-hybridized carbons (Fsp3) is 0.550. The summed E-state index contributed by atoms with van der Waals surface area (Å²) in [4.78, 5) is 25.6. The van der Waals surface area contributed by atoms with Crippen molar-refractivity contribution < 1.29 is 9.53 Å². The van der Waals surface area contributed by atoms with Crippen molar-refractivity contribution in [3.63, 3.8) is 0 Å². The summed E-state index contributed by atoms with van der Waals surface area (Å²) in [5.74, 6) is 1.04. The van der Waals surface area contributed by atoms with Gasteiger partial charge in [-0.25, -0.2) is 14.8 Å². The lowest BCUT2D eigenvalue weighted by atomic mass is 10.0. The summed E-state index contributed by atoms with van der Waals surface area (Å²) in [5, 5.41) is 0. The summed E-state index contributed by atoms with van der Waals surface area (Å²) in [6.07, 6.45) is 2.77. The fourth-order valence-corrected chi connectivity index (χ4v) is 3.44. The number of carbonyl (C=O) groups is 1. The van der Waals surface area contributed by atoms with Crippen molar-refractivity contribution >= 4 is 28.8 Å². The Balaban J connectivity index is 1.78. The van der Waals surface area contributed by atoms with Gasteiger partial charge in [-0.15, -0.1) is 0 Å². The van der Waals surface area contributed by atoms with E-state index >= 15 is 0 Å². The lowest BCUT2D eigenvalue weighted by Gasteiger charge is -2.38. The van der Waals surface area contributed by atoms with Gasteiger partial charge in [0.2, 0.25) is 0 Å². The van der Waals surface area contributed by atoms with Gasteiger partial charge < -0.3 is 20.3 Å². The average Bonchev–Trinajstić information content (AvgIpc) is 2.60. The molecule has 1 fully saturated rings. The SMILES string of the molecule is CN(CC1CCCCN1C(=O)OC(C)(C)C)c1nc2ccccc2nc1N. The van der Waals surface area contributed by atoms with Gasteiger partial charge in [0.05, 0.1) is 17.1 Å². The van der Waals surface area contributed by atoms with Crippen LogP contribution in [0.5, 0.6) is 0 Å². The standard InChI is InChI=1S/C20H29N5O2/c1-20(2,3)27-19(26)25-12-8-7-9-14(25)13-24(4)18-17(21)22-15-10-5-6-11-16(15)23-18/h5-6,10-11,14H,7-9,12-13H2,1-4H3,(H2,21,22). The molecule has 2 aromatic rings. The molecule has 146 valence electrons. The van der Waals surface area contributed by atoms with E-state index in [0.717, 1.165) is 30.3 Å². The molecule has 1 aliphatic heterocycles. The van der Waals surface area contributed by atoms with E-state index in [1.165, 1.54) is 0 Å². The summed E-state index contributed by atoms with van der Waals surface area (Å²) < 4.78 is 5.59. The molecule has 1 aromatic heterocycles.